The number of aromatic nitrogens is 4. The maximum Gasteiger partial charge on any atom is 0.232 e. The van der Waals surface area contributed by atoms with Gasteiger partial charge in [0.15, 0.2) is 0 Å². The number of piperidine rings is 1. The van der Waals surface area contributed by atoms with Crippen LogP contribution in [-0.4, -0.2) is 39.1 Å². The summed E-state index contributed by atoms with van der Waals surface area (Å²) in [7, 11) is 0. The molecule has 21 heavy (non-hydrogen) atoms. The van der Waals surface area contributed by atoms with Gasteiger partial charge in [-0.05, 0) is 22.9 Å². The van der Waals surface area contributed by atoms with Crippen molar-refractivity contribution in [2.24, 2.45) is 0 Å². The van der Waals surface area contributed by atoms with Crippen molar-refractivity contribution < 1.29 is 4.74 Å². The number of anilines is 1. The second-order valence-corrected chi connectivity index (χ2v) is 5.92. The van der Waals surface area contributed by atoms with E-state index in [1.807, 2.05) is 6.92 Å². The molecule has 1 saturated heterocycles. The van der Waals surface area contributed by atoms with Gasteiger partial charge in [0.2, 0.25) is 11.8 Å². The zero-order chi connectivity index (χ0) is 14.7. The van der Waals surface area contributed by atoms with Crippen molar-refractivity contribution in [3.05, 3.63) is 35.0 Å². The second kappa shape index (κ2) is 6.34. The van der Waals surface area contributed by atoms with Gasteiger partial charge in [-0.15, -0.1) is 0 Å². The van der Waals surface area contributed by atoms with E-state index in [2.05, 4.69) is 40.8 Å². The molecule has 0 saturated carbocycles. The lowest BCUT2D eigenvalue weighted by atomic mass is 10.1. The van der Waals surface area contributed by atoms with Crippen LogP contribution in [0.15, 0.2) is 29.3 Å². The third kappa shape index (κ3) is 3.66. The zero-order valence-corrected chi connectivity index (χ0v) is 13.3. The highest BCUT2D eigenvalue weighted by atomic mass is 79.9. The van der Waals surface area contributed by atoms with Crippen molar-refractivity contribution >= 4 is 21.9 Å². The quantitative estimate of drug-likeness (QED) is 0.847. The molecule has 1 aliphatic heterocycles. The molecule has 0 aromatic carbocycles. The van der Waals surface area contributed by atoms with Gasteiger partial charge < -0.3 is 9.64 Å². The van der Waals surface area contributed by atoms with Crippen LogP contribution >= 0.6 is 15.9 Å². The predicted molar refractivity (Wildman–Crippen MR) is 82.4 cm³/mol. The van der Waals surface area contributed by atoms with Crippen LogP contribution in [0.5, 0.6) is 5.88 Å². The molecule has 2 aromatic heterocycles. The van der Waals surface area contributed by atoms with Gasteiger partial charge in [0.25, 0.3) is 0 Å². The summed E-state index contributed by atoms with van der Waals surface area (Å²) in [4.78, 5) is 19.3. The molecule has 0 bridgehead atoms. The minimum absolute atomic E-state index is 0.174. The van der Waals surface area contributed by atoms with Gasteiger partial charge >= 0.3 is 0 Å². The number of halogens is 1. The molecule has 0 radical (unpaired) electrons. The summed E-state index contributed by atoms with van der Waals surface area (Å²) in [5.74, 6) is 1.38. The van der Waals surface area contributed by atoms with Crippen LogP contribution < -0.4 is 9.64 Å². The number of aryl methyl sites for hydroxylation is 1. The molecule has 2 aromatic rings. The van der Waals surface area contributed by atoms with Crippen molar-refractivity contribution in [1.29, 1.82) is 0 Å². The molecule has 3 rings (SSSR count). The molecule has 1 aliphatic rings. The average molecular weight is 350 g/mol. The van der Waals surface area contributed by atoms with Gasteiger partial charge in [0.05, 0.1) is 16.4 Å². The minimum atomic E-state index is 0.174. The van der Waals surface area contributed by atoms with Gasteiger partial charge in [0, 0.05) is 44.5 Å². The fraction of sp³-hybridized carbons (Fsp3) is 0.429. The number of hydrogen-bond donors (Lipinski definition) is 0. The minimum Gasteiger partial charge on any atom is -0.473 e. The number of nitrogens with zero attached hydrogens (tertiary/aromatic N) is 5. The smallest absolute Gasteiger partial charge is 0.232 e. The zero-order valence-electron chi connectivity index (χ0n) is 11.7. The summed E-state index contributed by atoms with van der Waals surface area (Å²) in [5.41, 5.74) is 0.869. The van der Waals surface area contributed by atoms with Gasteiger partial charge in [-0.2, -0.15) is 0 Å². The van der Waals surface area contributed by atoms with Gasteiger partial charge in [-0.25, -0.2) is 15.0 Å². The Balaban J connectivity index is 1.56. The molecule has 0 atom stereocenters. The van der Waals surface area contributed by atoms with Gasteiger partial charge in [-0.3, -0.25) is 4.98 Å². The van der Waals surface area contributed by atoms with Crippen molar-refractivity contribution in [3.63, 3.8) is 0 Å². The van der Waals surface area contributed by atoms with Crippen LogP contribution in [-0.2, 0) is 0 Å². The Morgan fingerprint density at radius 3 is 2.52 bits per heavy atom. The van der Waals surface area contributed by atoms with E-state index in [9.17, 15) is 0 Å². The summed E-state index contributed by atoms with van der Waals surface area (Å²) >= 11 is 3.35. The van der Waals surface area contributed by atoms with Crippen molar-refractivity contribution in [2.45, 2.75) is 25.9 Å². The van der Waals surface area contributed by atoms with E-state index < -0.39 is 0 Å². The molecular formula is C14H16BrN5O. The molecule has 7 heteroatoms. The Bertz CT molecular complexity index is 599. The average Bonchev–Trinajstić information content (AvgIpc) is 2.49. The van der Waals surface area contributed by atoms with Crippen molar-refractivity contribution in [1.82, 2.24) is 19.9 Å². The number of ether oxygens (including phenoxy) is 1. The molecule has 0 unspecified atom stereocenters. The molecule has 0 amide bonds. The van der Waals surface area contributed by atoms with E-state index >= 15 is 0 Å². The van der Waals surface area contributed by atoms with Crippen molar-refractivity contribution in [2.75, 3.05) is 18.0 Å². The van der Waals surface area contributed by atoms with Crippen LogP contribution in [0, 0.1) is 6.92 Å². The summed E-state index contributed by atoms with van der Waals surface area (Å²) in [6.45, 7) is 3.67. The Morgan fingerprint density at radius 1 is 1.14 bits per heavy atom. The molecule has 0 spiro atoms. The third-order valence-corrected chi connectivity index (χ3v) is 3.76. The van der Waals surface area contributed by atoms with E-state index in [1.54, 1.807) is 24.8 Å². The second-order valence-electron chi connectivity index (χ2n) is 5.00. The first kappa shape index (κ1) is 14.2. The molecule has 0 N–H and O–H groups in total. The van der Waals surface area contributed by atoms with Gasteiger partial charge in [0.1, 0.15) is 6.10 Å². The predicted octanol–water partition coefficient (Wildman–Crippen LogP) is 2.39. The largest absolute Gasteiger partial charge is 0.473 e. The monoisotopic (exact) mass is 349 g/mol. The van der Waals surface area contributed by atoms with E-state index in [0.717, 1.165) is 42.0 Å². The topological polar surface area (TPSA) is 64.0 Å². The standard InChI is InChI=1S/C14H16BrN5O/c1-10-6-16-9-13(19-10)21-12-2-4-20(5-3-12)14-17-7-11(15)8-18-14/h6-9,12H,2-5H2,1H3. The summed E-state index contributed by atoms with van der Waals surface area (Å²) < 4.78 is 6.78. The number of rotatable bonds is 3. The first-order valence-corrected chi connectivity index (χ1v) is 7.68. The normalized spacial score (nSPS) is 16.0. The maximum atomic E-state index is 5.89. The molecule has 6 nitrogen and oxygen atoms in total. The Labute approximate surface area is 131 Å². The highest BCUT2D eigenvalue weighted by molar-refractivity contribution is 9.10. The van der Waals surface area contributed by atoms with E-state index in [0.29, 0.717) is 5.88 Å². The SMILES string of the molecule is Cc1cncc(OC2CCN(c3ncc(Br)cn3)CC2)n1. The lowest BCUT2D eigenvalue weighted by molar-refractivity contribution is 0.162. The van der Waals surface area contributed by atoms with Gasteiger partial charge in [-0.1, -0.05) is 0 Å². The lowest BCUT2D eigenvalue weighted by Gasteiger charge is -2.31. The van der Waals surface area contributed by atoms with Crippen LogP contribution in [0.25, 0.3) is 0 Å². The number of hydrogen-bond acceptors (Lipinski definition) is 6. The van der Waals surface area contributed by atoms with Crippen LogP contribution in [0.4, 0.5) is 5.95 Å². The molecule has 1 fully saturated rings. The Morgan fingerprint density at radius 2 is 1.86 bits per heavy atom. The molecule has 3 heterocycles. The first-order chi connectivity index (χ1) is 10.2. The fourth-order valence-electron chi connectivity index (χ4n) is 2.31. The summed E-state index contributed by atoms with van der Waals surface area (Å²) in [6, 6.07) is 0. The van der Waals surface area contributed by atoms with E-state index in [4.69, 9.17) is 4.74 Å². The molecular weight excluding hydrogens is 334 g/mol. The molecule has 110 valence electrons. The highest BCUT2D eigenvalue weighted by Crippen LogP contribution is 2.20. The first-order valence-electron chi connectivity index (χ1n) is 6.88. The lowest BCUT2D eigenvalue weighted by Crippen LogP contribution is -2.39. The van der Waals surface area contributed by atoms with Crippen LogP contribution in [0.2, 0.25) is 0 Å². The summed E-state index contributed by atoms with van der Waals surface area (Å²) in [5, 5.41) is 0. The van der Waals surface area contributed by atoms with Crippen LogP contribution in [0.1, 0.15) is 18.5 Å². The van der Waals surface area contributed by atoms with E-state index in [1.165, 1.54) is 0 Å². The highest BCUT2D eigenvalue weighted by Gasteiger charge is 2.22. The Kier molecular flexibility index (Phi) is 4.28. The summed E-state index contributed by atoms with van der Waals surface area (Å²) in [6.07, 6.45) is 8.95. The molecule has 0 aliphatic carbocycles. The van der Waals surface area contributed by atoms with Crippen LogP contribution in [0.3, 0.4) is 0 Å². The third-order valence-electron chi connectivity index (χ3n) is 3.35. The Hall–Kier alpha value is -1.76. The fourth-order valence-corrected chi connectivity index (χ4v) is 2.52. The maximum absolute atomic E-state index is 5.89. The van der Waals surface area contributed by atoms with Crippen molar-refractivity contribution in [3.8, 4) is 5.88 Å². The van der Waals surface area contributed by atoms with E-state index in [-0.39, 0.29) is 6.10 Å².